The molecule has 0 spiro atoms. The van der Waals surface area contributed by atoms with Gasteiger partial charge in [-0.3, -0.25) is 0 Å². The van der Waals surface area contributed by atoms with Crippen LogP contribution in [0.4, 0.5) is 0 Å². The Morgan fingerprint density at radius 2 is 0.958 bits per heavy atom. The number of para-hydroxylation sites is 1. The van der Waals surface area contributed by atoms with Crippen LogP contribution in [0.3, 0.4) is 0 Å². The van der Waals surface area contributed by atoms with Crippen LogP contribution < -0.4 is 0 Å². The Labute approximate surface area is 142 Å². The first-order chi connectivity index (χ1) is 11.5. The molecule has 0 amide bonds. The van der Waals surface area contributed by atoms with Gasteiger partial charge in [0.25, 0.3) is 0 Å². The maximum absolute atomic E-state index is 9.21. The van der Waals surface area contributed by atoms with Crippen molar-refractivity contribution in [1.82, 2.24) is 0 Å². The maximum Gasteiger partial charge on any atom is 0.121 e. The molecule has 0 fully saturated rings. The molecular weight excluding hydrogens is 300 g/mol. The molecule has 3 nitrogen and oxygen atoms in total. The zero-order valence-electron chi connectivity index (χ0n) is 13.9. The lowest BCUT2D eigenvalue weighted by atomic mass is 10.1. The predicted octanol–water partition coefficient (Wildman–Crippen LogP) is 4.70. The lowest BCUT2D eigenvalue weighted by molar-refractivity contribution is 0.467. The van der Waals surface area contributed by atoms with Crippen molar-refractivity contribution in [1.29, 1.82) is 0 Å². The lowest BCUT2D eigenvalue weighted by Gasteiger charge is -2.02. The molecule has 3 aromatic rings. The minimum atomic E-state index is 0.282. The van der Waals surface area contributed by atoms with Crippen molar-refractivity contribution in [3.05, 3.63) is 89.0 Å². The Morgan fingerprint density at radius 1 is 0.583 bits per heavy atom. The molecule has 3 aromatic carbocycles. The van der Waals surface area contributed by atoms with Gasteiger partial charge in [0.05, 0.1) is 0 Å². The highest BCUT2D eigenvalue weighted by molar-refractivity contribution is 5.38. The van der Waals surface area contributed by atoms with Gasteiger partial charge in [-0.1, -0.05) is 42.5 Å². The zero-order chi connectivity index (χ0) is 17.5. The zero-order valence-corrected chi connectivity index (χ0v) is 13.9. The number of phenolic OH excluding ortho intramolecular Hbond substituents is 3. The van der Waals surface area contributed by atoms with Crippen molar-refractivity contribution in [3.8, 4) is 17.2 Å². The molecule has 0 atom stereocenters. The van der Waals surface area contributed by atoms with Crippen molar-refractivity contribution < 1.29 is 15.3 Å². The number of phenols is 3. The SMILES string of the molecule is Cc1cccc(C)c1O.Oc1ccc(Cc2ccc(O)cc2)cc1. The summed E-state index contributed by atoms with van der Waals surface area (Å²) in [4.78, 5) is 0. The van der Waals surface area contributed by atoms with E-state index in [1.165, 1.54) is 0 Å². The number of rotatable bonds is 2. The molecule has 24 heavy (non-hydrogen) atoms. The normalized spacial score (nSPS) is 9.92. The molecule has 3 heteroatoms. The maximum atomic E-state index is 9.21. The second-order valence-corrected chi connectivity index (χ2v) is 5.75. The fourth-order valence-electron chi connectivity index (χ4n) is 2.27. The Morgan fingerprint density at radius 3 is 1.29 bits per heavy atom. The van der Waals surface area contributed by atoms with Crippen LogP contribution in [0.2, 0.25) is 0 Å². The number of aromatic hydroxyl groups is 3. The average Bonchev–Trinajstić information content (AvgIpc) is 2.57. The first-order valence-electron chi connectivity index (χ1n) is 7.76. The van der Waals surface area contributed by atoms with Gasteiger partial charge in [0, 0.05) is 0 Å². The molecular formula is C21H22O3. The van der Waals surface area contributed by atoms with Crippen molar-refractivity contribution in [2.75, 3.05) is 0 Å². The number of aryl methyl sites for hydroxylation is 2. The smallest absolute Gasteiger partial charge is 0.121 e. The second kappa shape index (κ2) is 8.06. The molecule has 3 rings (SSSR count). The van der Waals surface area contributed by atoms with Crippen LogP contribution in [0.1, 0.15) is 22.3 Å². The highest BCUT2D eigenvalue weighted by Crippen LogP contribution is 2.19. The summed E-state index contributed by atoms with van der Waals surface area (Å²) in [6.45, 7) is 3.78. The average molecular weight is 322 g/mol. The van der Waals surface area contributed by atoms with Gasteiger partial charge in [-0.25, -0.2) is 0 Å². The first-order valence-corrected chi connectivity index (χ1v) is 7.76. The minimum Gasteiger partial charge on any atom is -0.508 e. The third kappa shape index (κ3) is 5.06. The number of hydrogen-bond donors (Lipinski definition) is 3. The molecule has 0 aromatic heterocycles. The van der Waals surface area contributed by atoms with E-state index < -0.39 is 0 Å². The summed E-state index contributed by atoms with van der Waals surface area (Å²) in [5.41, 5.74) is 4.15. The van der Waals surface area contributed by atoms with Crippen molar-refractivity contribution in [3.63, 3.8) is 0 Å². The summed E-state index contributed by atoms with van der Waals surface area (Å²) in [6, 6.07) is 20.0. The van der Waals surface area contributed by atoms with Gasteiger partial charge >= 0.3 is 0 Å². The Kier molecular flexibility index (Phi) is 5.85. The van der Waals surface area contributed by atoms with E-state index in [1.54, 1.807) is 24.3 Å². The topological polar surface area (TPSA) is 60.7 Å². The van der Waals surface area contributed by atoms with Crippen molar-refractivity contribution >= 4 is 0 Å². The fourth-order valence-corrected chi connectivity index (χ4v) is 2.27. The second-order valence-electron chi connectivity index (χ2n) is 5.75. The van der Waals surface area contributed by atoms with Gasteiger partial charge < -0.3 is 15.3 Å². The Bertz CT molecular complexity index is 711. The van der Waals surface area contributed by atoms with Crippen LogP contribution >= 0.6 is 0 Å². The molecule has 0 radical (unpaired) electrons. The summed E-state index contributed by atoms with van der Waals surface area (Å²) in [5.74, 6) is 0.978. The molecule has 0 saturated heterocycles. The van der Waals surface area contributed by atoms with E-state index >= 15 is 0 Å². The quantitative estimate of drug-likeness (QED) is 0.641. The lowest BCUT2D eigenvalue weighted by Crippen LogP contribution is -1.86. The number of hydrogen-bond acceptors (Lipinski definition) is 3. The van der Waals surface area contributed by atoms with E-state index in [1.807, 2.05) is 56.3 Å². The van der Waals surface area contributed by atoms with Crippen LogP contribution in [0.15, 0.2) is 66.7 Å². The number of benzene rings is 3. The van der Waals surface area contributed by atoms with Crippen LogP contribution in [0, 0.1) is 13.8 Å². The fraction of sp³-hybridized carbons (Fsp3) is 0.143. The van der Waals surface area contributed by atoms with E-state index in [4.69, 9.17) is 10.2 Å². The van der Waals surface area contributed by atoms with Gasteiger partial charge in [-0.2, -0.15) is 0 Å². The Balaban J connectivity index is 0.000000198. The molecule has 0 bridgehead atoms. The van der Waals surface area contributed by atoms with Crippen LogP contribution in [-0.2, 0) is 6.42 Å². The van der Waals surface area contributed by atoms with Crippen molar-refractivity contribution in [2.45, 2.75) is 20.3 Å². The summed E-state index contributed by atoms with van der Waals surface area (Å²) in [7, 11) is 0. The monoisotopic (exact) mass is 322 g/mol. The van der Waals surface area contributed by atoms with Gasteiger partial charge in [0.2, 0.25) is 0 Å². The van der Waals surface area contributed by atoms with Crippen LogP contribution in [0.5, 0.6) is 17.2 Å². The summed E-state index contributed by atoms with van der Waals surface area (Å²) < 4.78 is 0. The molecule has 0 aliphatic rings. The van der Waals surface area contributed by atoms with Crippen LogP contribution in [0.25, 0.3) is 0 Å². The predicted molar refractivity (Wildman–Crippen MR) is 96.6 cm³/mol. The summed E-state index contributed by atoms with van der Waals surface area (Å²) in [6.07, 6.45) is 0.806. The first kappa shape index (κ1) is 17.4. The van der Waals surface area contributed by atoms with Crippen LogP contribution in [-0.4, -0.2) is 15.3 Å². The standard InChI is InChI=1S/C13H12O2.C8H10O/c14-12-5-1-10(2-6-12)9-11-3-7-13(15)8-4-11;1-6-4-3-5-7(2)8(6)9/h1-8,14-15H,9H2;3-5,9H,1-2H3. The van der Waals surface area contributed by atoms with Gasteiger partial charge in [0.15, 0.2) is 0 Å². The third-order valence-electron chi connectivity index (χ3n) is 3.72. The molecule has 3 N–H and O–H groups in total. The molecule has 0 aliphatic heterocycles. The molecule has 124 valence electrons. The van der Waals surface area contributed by atoms with E-state index in [-0.39, 0.29) is 11.5 Å². The van der Waals surface area contributed by atoms with E-state index in [2.05, 4.69) is 0 Å². The molecule has 0 heterocycles. The highest BCUT2D eigenvalue weighted by Gasteiger charge is 1.97. The molecule has 0 saturated carbocycles. The van der Waals surface area contributed by atoms with Crippen molar-refractivity contribution in [2.24, 2.45) is 0 Å². The van der Waals surface area contributed by atoms with E-state index in [0.29, 0.717) is 5.75 Å². The Hall–Kier alpha value is -2.94. The highest BCUT2D eigenvalue weighted by atomic mass is 16.3. The summed E-state index contributed by atoms with van der Waals surface area (Å²) in [5, 5.41) is 27.5. The molecule has 0 unspecified atom stereocenters. The van der Waals surface area contributed by atoms with E-state index in [0.717, 1.165) is 28.7 Å². The van der Waals surface area contributed by atoms with Gasteiger partial charge in [-0.15, -0.1) is 0 Å². The van der Waals surface area contributed by atoms with Gasteiger partial charge in [-0.05, 0) is 66.8 Å². The summed E-state index contributed by atoms with van der Waals surface area (Å²) >= 11 is 0. The molecule has 0 aliphatic carbocycles. The third-order valence-corrected chi connectivity index (χ3v) is 3.72. The largest absolute Gasteiger partial charge is 0.508 e. The van der Waals surface area contributed by atoms with E-state index in [9.17, 15) is 5.11 Å². The van der Waals surface area contributed by atoms with Gasteiger partial charge in [0.1, 0.15) is 17.2 Å². The minimum absolute atomic E-state index is 0.282.